The third-order valence-corrected chi connectivity index (χ3v) is 12.7. The maximum absolute atomic E-state index is 10.6. The molecule has 7 rings (SSSR count). The van der Waals surface area contributed by atoms with Gasteiger partial charge in [-0.2, -0.15) is 44.7 Å². The molecule has 0 saturated carbocycles. The van der Waals surface area contributed by atoms with Crippen molar-refractivity contribution in [2.24, 2.45) is 7.05 Å². The third kappa shape index (κ3) is 28.3. The minimum atomic E-state index is -0.156. The molecule has 0 fully saturated rings. The highest BCUT2D eigenvalue weighted by Crippen LogP contribution is 2.28. The normalized spacial score (nSPS) is 9.60. The van der Waals surface area contributed by atoms with Crippen molar-refractivity contribution in [2.45, 2.75) is 158 Å². The number of nitrogens with one attached hydrogen (secondary N) is 2. The number of carbonyl (C=O) groups excluding carboxylic acids is 4. The van der Waals surface area contributed by atoms with Gasteiger partial charge >= 0.3 is 12.3 Å². The van der Waals surface area contributed by atoms with E-state index in [9.17, 15) is 9.90 Å². The molecule has 1 aromatic carbocycles. The number of aliphatic hydroxyl groups is 1. The first-order valence-electron chi connectivity index (χ1n) is 24.0. The number of thioether (sulfide) groups is 1. The number of H-pyrrole nitrogens is 2. The van der Waals surface area contributed by atoms with Gasteiger partial charge in [-0.15, -0.1) is 24.2 Å². The first-order valence-corrected chi connectivity index (χ1v) is 27.3. The number of benzene rings is 1. The first-order chi connectivity index (χ1) is 35.2. The fourth-order valence-corrected chi connectivity index (χ4v) is 8.51. The van der Waals surface area contributed by atoms with Crippen LogP contribution < -0.4 is 5.56 Å². The summed E-state index contributed by atoms with van der Waals surface area (Å²) in [6, 6.07) is 7.10. The Kier molecular flexibility index (Phi) is 38.9. The van der Waals surface area contributed by atoms with E-state index >= 15 is 0 Å². The number of aliphatic hydroxyl groups excluding tert-OH is 1. The molecular weight excluding hydrogens is 1150 g/mol. The van der Waals surface area contributed by atoms with Crippen molar-refractivity contribution in [3.63, 3.8) is 0 Å². The lowest BCUT2D eigenvalue weighted by Crippen LogP contribution is -2.05. The van der Waals surface area contributed by atoms with Crippen LogP contribution in [0.4, 0.5) is 0 Å². The van der Waals surface area contributed by atoms with E-state index in [0.717, 1.165) is 106 Å². The predicted octanol–water partition coefficient (Wildman–Crippen LogP) is 10.4. The van der Waals surface area contributed by atoms with Gasteiger partial charge in [-0.1, -0.05) is 43.6 Å². The second kappa shape index (κ2) is 40.8. The fraction of sp³-hybridized carbons (Fsp3) is 0.471. The molecule has 24 heteroatoms. The Bertz CT molecular complexity index is 2700. The Labute approximate surface area is 473 Å². The molecule has 6 heterocycles. The summed E-state index contributed by atoms with van der Waals surface area (Å²) in [7, 11) is 1.95. The van der Waals surface area contributed by atoms with Gasteiger partial charge in [-0.05, 0) is 155 Å². The van der Waals surface area contributed by atoms with Crippen molar-refractivity contribution in [1.82, 2.24) is 58.9 Å². The van der Waals surface area contributed by atoms with Crippen LogP contribution in [-0.4, -0.2) is 81.4 Å². The van der Waals surface area contributed by atoms with Crippen LogP contribution in [0.3, 0.4) is 0 Å². The number of halogens is 3. The number of rotatable bonds is 13. The summed E-state index contributed by atoms with van der Waals surface area (Å²) in [5.74, 6) is 1.17. The van der Waals surface area contributed by atoms with Crippen molar-refractivity contribution in [3.8, 4) is 5.75 Å². The zero-order valence-corrected chi connectivity index (χ0v) is 51.0. The molecule has 0 radical (unpaired) electrons. The Morgan fingerprint density at radius 1 is 0.627 bits per heavy atom. The van der Waals surface area contributed by atoms with Crippen LogP contribution >= 0.6 is 68.2 Å². The minimum Gasteiger partial charge on any atom is -0.508 e. The monoisotopic (exact) mass is 1220 g/mol. The van der Waals surface area contributed by atoms with Gasteiger partial charge < -0.3 is 15.2 Å². The smallest absolute Gasteiger partial charge is 0.373 e. The van der Waals surface area contributed by atoms with Crippen molar-refractivity contribution in [3.05, 3.63) is 137 Å². The van der Waals surface area contributed by atoms with Gasteiger partial charge in [0.1, 0.15) is 5.75 Å². The molecule has 0 aliphatic carbocycles. The van der Waals surface area contributed by atoms with Gasteiger partial charge in [0, 0.05) is 91.9 Å². The molecule has 0 aliphatic heterocycles. The van der Waals surface area contributed by atoms with Gasteiger partial charge in [0.05, 0.1) is 39.5 Å². The molecule has 0 saturated heterocycles. The van der Waals surface area contributed by atoms with Gasteiger partial charge in [0.2, 0.25) is 0 Å². The summed E-state index contributed by atoms with van der Waals surface area (Å²) >= 11 is 13.2. The predicted molar refractivity (Wildman–Crippen MR) is 305 cm³/mol. The number of phenols is 1. The highest BCUT2D eigenvalue weighted by atomic mass is 79.9. The molecule has 414 valence electrons. The van der Waals surface area contributed by atoms with E-state index in [2.05, 4.69) is 160 Å². The Balaban J connectivity index is 0. The Morgan fingerprint density at radius 3 is 1.44 bits per heavy atom. The second-order valence-corrected chi connectivity index (χ2v) is 18.5. The zero-order valence-electron chi connectivity index (χ0n) is 45.4. The highest BCUT2D eigenvalue weighted by molar-refractivity contribution is 9.10. The Hall–Kier alpha value is -5.51. The van der Waals surface area contributed by atoms with Crippen molar-refractivity contribution in [1.29, 1.82) is 0 Å². The average Bonchev–Trinajstić information content (AvgIpc) is 4.21. The van der Waals surface area contributed by atoms with Crippen LogP contribution in [0, 0.1) is 32.5 Å². The van der Waals surface area contributed by atoms with E-state index in [1.165, 1.54) is 34.1 Å². The van der Waals surface area contributed by atoms with Crippen molar-refractivity contribution < 1.29 is 29.4 Å². The molecule has 0 aliphatic rings. The summed E-state index contributed by atoms with van der Waals surface area (Å²) in [5, 5.41) is 40.9. The topological polar surface area (TPSA) is 246 Å². The molecule has 0 spiro atoms. The molecule has 0 amide bonds. The van der Waals surface area contributed by atoms with E-state index in [4.69, 9.17) is 24.3 Å². The number of aryl methyl sites for hydroxylation is 13. The number of hydrogen-bond acceptors (Lipinski definition) is 14. The molecule has 0 unspecified atom stereocenters. The van der Waals surface area contributed by atoms with Gasteiger partial charge in [-0.25, -0.2) is 0 Å². The molecule has 0 atom stereocenters. The van der Waals surface area contributed by atoms with Crippen molar-refractivity contribution >= 4 is 80.5 Å². The SMILES string of the molecule is CCc1cn(C)nc1CSc1cc(C)cc(O)c1.CCc1cn(CC)nc1C.CCc1cn(CC)nc1CBr.CCc1cn(CC)nc1CO.CCn1cc(Br)c(C)n1.Cc1cc(=O)[nH]c(=S)[nH]1.Cl.O=C=O.O=C=O. The second-order valence-electron chi connectivity index (χ2n) is 15.6. The average molecular weight is 1230 g/mol. The maximum atomic E-state index is 10.6. The minimum absolute atomic E-state index is 0. The number of phenolic OH excluding ortho intramolecular Hbond substituents is 1. The van der Waals surface area contributed by atoms with Gasteiger partial charge in [-0.3, -0.25) is 33.2 Å². The standard InChI is InChI=1S/C14H18N2OS.C8H13BrN2.C8H14N2O.C8H14N2.C6H9BrN2.C5H6N2OS.2CO2.ClH/c1-4-11-8-16(3)15-14(11)9-18-13-6-10(2)5-12(17)7-13;1-3-7-6-11(4-2)10-8(7)5-9;1-3-7-5-10(4-2)9-8(7)6-11;1-4-8-6-10(5-2)9-7(8)3;1-3-9-4-6(7)5(2)8-9;1-3-2-4(8)7-5(9)6-3;2*2-1-3;/h5-8,17H,4,9H2,1-3H3;6H,3-5H2,1-2H3;5,11H,3-4,6H2,1-2H3;6H,4-5H2,1-3H3;4H,3H2,1-2H3;2H,1H3,(H2,6,7,8,9);;;1H. The van der Waals surface area contributed by atoms with Crippen LogP contribution in [0.25, 0.3) is 0 Å². The van der Waals surface area contributed by atoms with Gasteiger partial charge in [0.25, 0.3) is 5.56 Å². The fourth-order valence-electron chi connectivity index (χ4n) is 6.44. The molecular formula is C51H75Br2ClN12O7S2. The van der Waals surface area contributed by atoms with Crippen LogP contribution in [0.5, 0.6) is 5.75 Å². The largest absolute Gasteiger partial charge is 0.508 e. The van der Waals surface area contributed by atoms with Crippen molar-refractivity contribution in [2.75, 3.05) is 0 Å². The van der Waals surface area contributed by atoms with Crippen LogP contribution in [0.1, 0.15) is 117 Å². The van der Waals surface area contributed by atoms with E-state index < -0.39 is 0 Å². The quantitative estimate of drug-likeness (QED) is 0.0477. The summed E-state index contributed by atoms with van der Waals surface area (Å²) < 4.78 is 11.0. The van der Waals surface area contributed by atoms with E-state index in [1.807, 2.05) is 63.6 Å². The van der Waals surface area contributed by atoms with E-state index in [-0.39, 0.29) is 36.9 Å². The maximum Gasteiger partial charge on any atom is 0.373 e. The van der Waals surface area contributed by atoms with E-state index in [1.54, 1.807) is 30.8 Å². The number of nitrogens with zero attached hydrogens (tertiary/aromatic N) is 10. The molecule has 6 aromatic heterocycles. The highest BCUT2D eigenvalue weighted by Gasteiger charge is 2.08. The van der Waals surface area contributed by atoms with Crippen LogP contribution in [0.15, 0.2) is 69.4 Å². The molecule has 7 aromatic rings. The van der Waals surface area contributed by atoms with Gasteiger partial charge in [0.15, 0.2) is 4.77 Å². The summed E-state index contributed by atoms with van der Waals surface area (Å²) in [6.45, 7) is 28.4. The van der Waals surface area contributed by atoms with Crippen LogP contribution in [-0.2, 0) is 95.8 Å². The number of hydrogen-bond donors (Lipinski definition) is 4. The molecule has 0 bridgehead atoms. The lowest BCUT2D eigenvalue weighted by atomic mass is 10.2. The number of aromatic hydroxyl groups is 1. The summed E-state index contributed by atoms with van der Waals surface area (Å²) in [5.41, 5.74) is 12.2. The Morgan fingerprint density at radius 2 is 1.08 bits per heavy atom. The third-order valence-electron chi connectivity index (χ3n) is 10.2. The first kappa shape index (κ1) is 71.6. The zero-order chi connectivity index (χ0) is 56.3. The number of aromatic nitrogens is 12. The molecule has 75 heavy (non-hydrogen) atoms. The number of aromatic amines is 2. The van der Waals surface area contributed by atoms with E-state index in [0.29, 0.717) is 10.5 Å². The lowest BCUT2D eigenvalue weighted by molar-refractivity contribution is -0.193. The lowest BCUT2D eigenvalue weighted by Gasteiger charge is -2.04. The van der Waals surface area contributed by atoms with Crippen LogP contribution in [0.2, 0.25) is 0 Å². The number of alkyl halides is 1. The molecule has 4 N–H and O–H groups in total. The molecule has 19 nitrogen and oxygen atoms in total. The summed E-state index contributed by atoms with van der Waals surface area (Å²) in [6.07, 6.45) is 14.9. The summed E-state index contributed by atoms with van der Waals surface area (Å²) in [4.78, 5) is 49.3.